The van der Waals surface area contributed by atoms with Gasteiger partial charge in [-0.3, -0.25) is 10.1 Å². The van der Waals surface area contributed by atoms with Crippen LogP contribution in [0.15, 0.2) is 54.2 Å². The third-order valence-electron chi connectivity index (χ3n) is 3.84. The Balaban J connectivity index is 1.54. The van der Waals surface area contributed by atoms with Crippen LogP contribution < -0.4 is 20.1 Å². The second kappa shape index (κ2) is 8.20. The van der Waals surface area contributed by atoms with Crippen LogP contribution in [0.25, 0.3) is 6.08 Å². The molecule has 26 heavy (non-hydrogen) atoms. The fourth-order valence-corrected chi connectivity index (χ4v) is 2.51. The molecule has 0 saturated carbocycles. The Morgan fingerprint density at radius 1 is 0.885 bits per heavy atom. The molecule has 6 nitrogen and oxygen atoms in total. The van der Waals surface area contributed by atoms with Gasteiger partial charge in [0.15, 0.2) is 0 Å². The van der Waals surface area contributed by atoms with Gasteiger partial charge in [0.05, 0.1) is 13.2 Å². The zero-order valence-electron chi connectivity index (χ0n) is 14.5. The average Bonchev–Trinajstić information content (AvgIpc) is 2.94. The lowest BCUT2D eigenvalue weighted by Crippen LogP contribution is -2.22. The van der Waals surface area contributed by atoms with Crippen molar-refractivity contribution in [3.05, 3.63) is 65.4 Å². The van der Waals surface area contributed by atoms with Gasteiger partial charge in [0.2, 0.25) is 0 Å². The van der Waals surface area contributed by atoms with Crippen LogP contribution in [0, 0.1) is 6.92 Å². The summed E-state index contributed by atoms with van der Waals surface area (Å²) in [5.74, 6) is 1.07. The minimum Gasteiger partial charge on any atom is -0.493 e. The number of aryl methyl sites for hydroxylation is 1. The van der Waals surface area contributed by atoms with E-state index in [-0.39, 0.29) is 5.70 Å². The van der Waals surface area contributed by atoms with Crippen LogP contribution in [-0.4, -0.2) is 25.2 Å². The molecule has 1 fully saturated rings. The Bertz CT molecular complexity index is 845. The van der Waals surface area contributed by atoms with E-state index in [1.54, 1.807) is 6.08 Å². The minimum atomic E-state index is -0.520. The van der Waals surface area contributed by atoms with Crippen LogP contribution >= 0.6 is 0 Å². The molecule has 0 aromatic heterocycles. The summed E-state index contributed by atoms with van der Waals surface area (Å²) in [6.45, 7) is 3.03. The molecule has 3 amide bonds. The SMILES string of the molecule is Cc1ccccc1OCCCOc1ccccc1/C=C1\NC(=O)NC1=O. The summed E-state index contributed by atoms with van der Waals surface area (Å²) >= 11 is 0. The van der Waals surface area contributed by atoms with Gasteiger partial charge in [-0.25, -0.2) is 4.79 Å². The minimum absolute atomic E-state index is 0.203. The highest BCUT2D eigenvalue weighted by atomic mass is 16.5. The number of carbonyl (C=O) groups is 2. The number of para-hydroxylation sites is 2. The Morgan fingerprint density at radius 2 is 1.54 bits per heavy atom. The molecule has 134 valence electrons. The molecule has 0 bridgehead atoms. The van der Waals surface area contributed by atoms with Gasteiger partial charge in [-0.1, -0.05) is 36.4 Å². The quantitative estimate of drug-likeness (QED) is 0.456. The fraction of sp³-hybridized carbons (Fsp3) is 0.200. The molecule has 6 heteroatoms. The zero-order chi connectivity index (χ0) is 18.4. The topological polar surface area (TPSA) is 76.7 Å². The summed E-state index contributed by atoms with van der Waals surface area (Å²) < 4.78 is 11.6. The van der Waals surface area contributed by atoms with E-state index in [1.807, 2.05) is 55.5 Å². The summed E-state index contributed by atoms with van der Waals surface area (Å²) in [7, 11) is 0. The monoisotopic (exact) mass is 352 g/mol. The van der Waals surface area contributed by atoms with E-state index < -0.39 is 11.9 Å². The van der Waals surface area contributed by atoms with Gasteiger partial charge < -0.3 is 14.8 Å². The molecule has 0 aliphatic carbocycles. The molecule has 0 unspecified atom stereocenters. The molecule has 1 aliphatic rings. The first-order valence-corrected chi connectivity index (χ1v) is 8.38. The average molecular weight is 352 g/mol. The number of nitrogens with one attached hydrogen (secondary N) is 2. The van der Waals surface area contributed by atoms with Crippen LogP contribution in [-0.2, 0) is 4.79 Å². The van der Waals surface area contributed by atoms with E-state index in [4.69, 9.17) is 9.47 Å². The van der Waals surface area contributed by atoms with E-state index in [1.165, 1.54) is 0 Å². The number of amides is 3. The first-order valence-electron chi connectivity index (χ1n) is 8.38. The zero-order valence-corrected chi connectivity index (χ0v) is 14.5. The number of urea groups is 1. The van der Waals surface area contributed by atoms with E-state index in [9.17, 15) is 9.59 Å². The normalized spacial score (nSPS) is 14.9. The molecule has 3 rings (SSSR count). The van der Waals surface area contributed by atoms with Crippen molar-refractivity contribution in [2.24, 2.45) is 0 Å². The number of hydrogen-bond donors (Lipinski definition) is 2. The highest BCUT2D eigenvalue weighted by Gasteiger charge is 2.23. The number of imide groups is 1. The van der Waals surface area contributed by atoms with Crippen molar-refractivity contribution in [2.75, 3.05) is 13.2 Å². The molecule has 0 spiro atoms. The van der Waals surface area contributed by atoms with Gasteiger partial charge in [0, 0.05) is 12.0 Å². The van der Waals surface area contributed by atoms with Gasteiger partial charge in [-0.15, -0.1) is 0 Å². The molecule has 0 atom stereocenters. The van der Waals surface area contributed by atoms with Gasteiger partial charge in [-0.05, 0) is 30.7 Å². The smallest absolute Gasteiger partial charge is 0.326 e. The first-order chi connectivity index (χ1) is 12.6. The molecule has 0 radical (unpaired) electrons. The van der Waals surface area contributed by atoms with Gasteiger partial charge in [-0.2, -0.15) is 0 Å². The van der Waals surface area contributed by atoms with E-state index in [0.717, 1.165) is 23.3 Å². The number of ether oxygens (including phenoxy) is 2. The van der Waals surface area contributed by atoms with E-state index in [2.05, 4.69) is 10.6 Å². The van der Waals surface area contributed by atoms with Gasteiger partial charge >= 0.3 is 6.03 Å². The molecular weight excluding hydrogens is 332 g/mol. The van der Waals surface area contributed by atoms with Crippen LogP contribution in [0.5, 0.6) is 11.5 Å². The maximum absolute atomic E-state index is 11.6. The lowest BCUT2D eigenvalue weighted by molar-refractivity contribution is -0.115. The molecule has 2 N–H and O–H groups in total. The largest absolute Gasteiger partial charge is 0.493 e. The van der Waals surface area contributed by atoms with Crippen LogP contribution in [0.3, 0.4) is 0 Å². The van der Waals surface area contributed by atoms with Crippen molar-refractivity contribution in [2.45, 2.75) is 13.3 Å². The second-order valence-electron chi connectivity index (χ2n) is 5.82. The van der Waals surface area contributed by atoms with Crippen LogP contribution in [0.2, 0.25) is 0 Å². The molecule has 2 aromatic rings. The number of carbonyl (C=O) groups excluding carboxylic acids is 2. The van der Waals surface area contributed by atoms with Crippen LogP contribution in [0.4, 0.5) is 4.79 Å². The standard InChI is InChI=1S/C20H20N2O4/c1-14-7-2-4-9-17(14)25-11-6-12-26-18-10-5-3-8-15(18)13-16-19(23)22-20(24)21-16/h2-5,7-10,13H,6,11-12H2,1H3,(H2,21,22,23,24)/b16-13-. The van der Waals surface area contributed by atoms with Gasteiger partial charge in [0.25, 0.3) is 5.91 Å². The van der Waals surface area contributed by atoms with Crippen molar-refractivity contribution in [1.29, 1.82) is 0 Å². The maximum Gasteiger partial charge on any atom is 0.326 e. The van der Waals surface area contributed by atoms with Crippen molar-refractivity contribution in [1.82, 2.24) is 10.6 Å². The Hall–Kier alpha value is -3.28. The number of benzene rings is 2. The summed E-state index contributed by atoms with van der Waals surface area (Å²) in [6.07, 6.45) is 2.32. The molecule has 1 saturated heterocycles. The van der Waals surface area contributed by atoms with Crippen LogP contribution in [0.1, 0.15) is 17.5 Å². The Kier molecular flexibility index (Phi) is 5.53. The third kappa shape index (κ3) is 4.42. The van der Waals surface area contributed by atoms with Crippen molar-refractivity contribution in [3.8, 4) is 11.5 Å². The Labute approximate surface area is 151 Å². The summed E-state index contributed by atoms with van der Waals surface area (Å²) in [5.41, 5.74) is 2.02. The summed E-state index contributed by atoms with van der Waals surface area (Å²) in [5, 5.41) is 4.64. The van der Waals surface area contributed by atoms with E-state index in [0.29, 0.717) is 19.0 Å². The fourth-order valence-electron chi connectivity index (χ4n) is 2.51. The van der Waals surface area contributed by atoms with E-state index >= 15 is 0 Å². The molecule has 2 aromatic carbocycles. The lowest BCUT2D eigenvalue weighted by atomic mass is 10.1. The highest BCUT2D eigenvalue weighted by Crippen LogP contribution is 2.22. The summed E-state index contributed by atoms with van der Waals surface area (Å²) in [6, 6.07) is 14.7. The van der Waals surface area contributed by atoms with Gasteiger partial charge in [0.1, 0.15) is 17.2 Å². The molecule has 1 heterocycles. The first kappa shape index (κ1) is 17.5. The number of rotatable bonds is 7. The predicted octanol–water partition coefficient (Wildman–Crippen LogP) is 3.02. The maximum atomic E-state index is 11.6. The Morgan fingerprint density at radius 3 is 2.23 bits per heavy atom. The molecular formula is C20H20N2O4. The highest BCUT2D eigenvalue weighted by molar-refractivity contribution is 6.14. The predicted molar refractivity (Wildman–Crippen MR) is 97.9 cm³/mol. The lowest BCUT2D eigenvalue weighted by Gasteiger charge is -2.11. The second-order valence-corrected chi connectivity index (χ2v) is 5.82. The third-order valence-corrected chi connectivity index (χ3v) is 3.84. The molecule has 1 aliphatic heterocycles. The van der Waals surface area contributed by atoms with Crippen molar-refractivity contribution in [3.63, 3.8) is 0 Å². The van der Waals surface area contributed by atoms with Crippen molar-refractivity contribution < 1.29 is 19.1 Å². The van der Waals surface area contributed by atoms with Crippen molar-refractivity contribution >= 4 is 18.0 Å². The summed E-state index contributed by atoms with van der Waals surface area (Å²) in [4.78, 5) is 22.8. The number of hydrogen-bond acceptors (Lipinski definition) is 4.